The standard InChI is InChI=1S/C15H11F2NO2S/c16-11-6-7-13(12(17)8-11)21-9-14(19)18-15(20)10-4-2-1-3-5-10/h1-8H,9H2,(H,18,19,20). The molecular formula is C15H11F2NO2S. The topological polar surface area (TPSA) is 46.2 Å². The molecular weight excluding hydrogens is 296 g/mol. The Kier molecular flexibility index (Phi) is 5.05. The predicted molar refractivity (Wildman–Crippen MR) is 76.0 cm³/mol. The first-order chi connectivity index (χ1) is 10.1. The lowest BCUT2D eigenvalue weighted by Gasteiger charge is -2.05. The highest BCUT2D eigenvalue weighted by Gasteiger charge is 2.11. The number of amides is 2. The fourth-order valence-corrected chi connectivity index (χ4v) is 2.28. The minimum Gasteiger partial charge on any atom is -0.292 e. The van der Waals surface area contributed by atoms with E-state index < -0.39 is 23.4 Å². The number of carbonyl (C=O) groups is 2. The smallest absolute Gasteiger partial charge is 0.257 e. The highest BCUT2D eigenvalue weighted by molar-refractivity contribution is 8.00. The first-order valence-electron chi connectivity index (χ1n) is 6.03. The van der Waals surface area contributed by atoms with Crippen LogP contribution in [0.1, 0.15) is 10.4 Å². The molecule has 0 fully saturated rings. The zero-order valence-electron chi connectivity index (χ0n) is 10.8. The van der Waals surface area contributed by atoms with E-state index in [0.717, 1.165) is 23.9 Å². The molecule has 0 saturated heterocycles. The van der Waals surface area contributed by atoms with E-state index in [1.165, 1.54) is 6.07 Å². The Bertz CT molecular complexity index is 662. The molecule has 0 aliphatic carbocycles. The summed E-state index contributed by atoms with van der Waals surface area (Å²) in [6.07, 6.45) is 0. The molecule has 2 aromatic carbocycles. The summed E-state index contributed by atoms with van der Waals surface area (Å²) in [6.45, 7) is 0. The van der Waals surface area contributed by atoms with Crippen LogP contribution in [-0.2, 0) is 4.79 Å². The van der Waals surface area contributed by atoms with Gasteiger partial charge in [-0.25, -0.2) is 8.78 Å². The van der Waals surface area contributed by atoms with Gasteiger partial charge in [-0.15, -0.1) is 11.8 Å². The van der Waals surface area contributed by atoms with Crippen molar-refractivity contribution in [3.63, 3.8) is 0 Å². The second-order valence-electron chi connectivity index (χ2n) is 4.11. The number of imide groups is 1. The first-order valence-corrected chi connectivity index (χ1v) is 7.02. The van der Waals surface area contributed by atoms with Crippen molar-refractivity contribution in [1.29, 1.82) is 0 Å². The van der Waals surface area contributed by atoms with Crippen LogP contribution < -0.4 is 5.32 Å². The summed E-state index contributed by atoms with van der Waals surface area (Å²) in [7, 11) is 0. The molecule has 2 rings (SSSR count). The van der Waals surface area contributed by atoms with Crippen LogP contribution in [0.15, 0.2) is 53.4 Å². The molecule has 0 unspecified atom stereocenters. The third-order valence-electron chi connectivity index (χ3n) is 2.54. The van der Waals surface area contributed by atoms with Crippen LogP contribution in [0.5, 0.6) is 0 Å². The summed E-state index contributed by atoms with van der Waals surface area (Å²) in [4.78, 5) is 23.5. The predicted octanol–water partition coefficient (Wildman–Crippen LogP) is 3.01. The number of benzene rings is 2. The number of rotatable bonds is 4. The summed E-state index contributed by atoms with van der Waals surface area (Å²) < 4.78 is 26.1. The van der Waals surface area contributed by atoms with Crippen molar-refractivity contribution in [3.8, 4) is 0 Å². The molecule has 0 aliphatic rings. The van der Waals surface area contributed by atoms with Crippen LogP contribution >= 0.6 is 11.8 Å². The Morgan fingerprint density at radius 3 is 2.43 bits per heavy atom. The fourth-order valence-electron chi connectivity index (χ4n) is 1.56. The molecule has 2 aromatic rings. The molecule has 0 aliphatic heterocycles. The molecule has 0 bridgehead atoms. The van der Waals surface area contributed by atoms with Crippen molar-refractivity contribution >= 4 is 23.6 Å². The third kappa shape index (κ3) is 4.39. The van der Waals surface area contributed by atoms with Gasteiger partial charge in [-0.3, -0.25) is 14.9 Å². The van der Waals surface area contributed by atoms with Crippen LogP contribution in [0.4, 0.5) is 8.78 Å². The minimum absolute atomic E-state index is 0.138. The van der Waals surface area contributed by atoms with Crippen LogP contribution in [-0.4, -0.2) is 17.6 Å². The van der Waals surface area contributed by atoms with Gasteiger partial charge in [-0.1, -0.05) is 18.2 Å². The SMILES string of the molecule is O=C(CSc1ccc(F)cc1F)NC(=O)c1ccccc1. The molecule has 0 heterocycles. The lowest BCUT2D eigenvalue weighted by molar-refractivity contribution is -0.117. The van der Waals surface area contributed by atoms with E-state index >= 15 is 0 Å². The van der Waals surface area contributed by atoms with E-state index in [1.54, 1.807) is 30.3 Å². The highest BCUT2D eigenvalue weighted by Crippen LogP contribution is 2.21. The van der Waals surface area contributed by atoms with Crippen LogP contribution in [0.3, 0.4) is 0 Å². The number of carbonyl (C=O) groups excluding carboxylic acids is 2. The van der Waals surface area contributed by atoms with Crippen LogP contribution in [0, 0.1) is 11.6 Å². The van der Waals surface area contributed by atoms with Gasteiger partial charge in [0.25, 0.3) is 5.91 Å². The van der Waals surface area contributed by atoms with Crippen molar-refractivity contribution in [2.24, 2.45) is 0 Å². The Balaban J connectivity index is 1.89. The van der Waals surface area contributed by atoms with Gasteiger partial charge in [0, 0.05) is 16.5 Å². The molecule has 108 valence electrons. The van der Waals surface area contributed by atoms with Crippen molar-refractivity contribution in [2.45, 2.75) is 4.90 Å². The molecule has 0 spiro atoms. The number of halogens is 2. The fraction of sp³-hybridized carbons (Fsp3) is 0.0667. The lowest BCUT2D eigenvalue weighted by atomic mass is 10.2. The summed E-state index contributed by atoms with van der Waals surface area (Å²) in [5.74, 6) is -2.61. The van der Waals surface area contributed by atoms with Crippen molar-refractivity contribution in [1.82, 2.24) is 5.32 Å². The van der Waals surface area contributed by atoms with Gasteiger partial charge in [0.1, 0.15) is 11.6 Å². The molecule has 0 aromatic heterocycles. The Hall–Kier alpha value is -2.21. The Labute approximate surface area is 124 Å². The maximum Gasteiger partial charge on any atom is 0.257 e. The van der Waals surface area contributed by atoms with E-state index in [-0.39, 0.29) is 10.6 Å². The van der Waals surface area contributed by atoms with E-state index in [2.05, 4.69) is 5.32 Å². The van der Waals surface area contributed by atoms with Gasteiger partial charge in [0.15, 0.2) is 0 Å². The molecule has 3 nitrogen and oxygen atoms in total. The quantitative estimate of drug-likeness (QED) is 0.883. The van der Waals surface area contributed by atoms with Gasteiger partial charge in [0.2, 0.25) is 5.91 Å². The number of hydrogen-bond acceptors (Lipinski definition) is 3. The molecule has 0 radical (unpaired) electrons. The Morgan fingerprint density at radius 1 is 1.05 bits per heavy atom. The highest BCUT2D eigenvalue weighted by atomic mass is 32.2. The third-order valence-corrected chi connectivity index (χ3v) is 3.59. The van der Waals surface area contributed by atoms with Crippen molar-refractivity contribution < 1.29 is 18.4 Å². The first kappa shape index (κ1) is 15.2. The van der Waals surface area contributed by atoms with E-state index in [4.69, 9.17) is 0 Å². The van der Waals surface area contributed by atoms with E-state index in [1.807, 2.05) is 0 Å². The molecule has 2 amide bonds. The lowest BCUT2D eigenvalue weighted by Crippen LogP contribution is -2.31. The van der Waals surface area contributed by atoms with Gasteiger partial charge < -0.3 is 0 Å². The maximum atomic E-state index is 13.4. The molecule has 0 atom stereocenters. The second kappa shape index (κ2) is 6.99. The second-order valence-corrected chi connectivity index (χ2v) is 5.12. The summed E-state index contributed by atoms with van der Waals surface area (Å²) in [5.41, 5.74) is 0.365. The maximum absolute atomic E-state index is 13.4. The molecule has 21 heavy (non-hydrogen) atoms. The number of thioether (sulfide) groups is 1. The van der Waals surface area contributed by atoms with E-state index in [9.17, 15) is 18.4 Å². The zero-order chi connectivity index (χ0) is 15.2. The summed E-state index contributed by atoms with van der Waals surface area (Å²) in [6, 6.07) is 11.4. The normalized spacial score (nSPS) is 10.2. The van der Waals surface area contributed by atoms with Crippen LogP contribution in [0.25, 0.3) is 0 Å². The van der Waals surface area contributed by atoms with Gasteiger partial charge in [-0.2, -0.15) is 0 Å². The van der Waals surface area contributed by atoms with Crippen molar-refractivity contribution in [3.05, 3.63) is 65.7 Å². The molecule has 0 saturated carbocycles. The number of nitrogens with one attached hydrogen (secondary N) is 1. The minimum atomic E-state index is -0.734. The van der Waals surface area contributed by atoms with Gasteiger partial charge in [-0.05, 0) is 24.3 Å². The Morgan fingerprint density at radius 2 is 1.76 bits per heavy atom. The average Bonchev–Trinajstić information content (AvgIpc) is 2.47. The van der Waals surface area contributed by atoms with Crippen LogP contribution in [0.2, 0.25) is 0 Å². The van der Waals surface area contributed by atoms with Gasteiger partial charge >= 0.3 is 0 Å². The van der Waals surface area contributed by atoms with E-state index in [0.29, 0.717) is 5.56 Å². The zero-order valence-corrected chi connectivity index (χ0v) is 11.6. The largest absolute Gasteiger partial charge is 0.292 e. The number of hydrogen-bond donors (Lipinski definition) is 1. The summed E-state index contributed by atoms with van der Waals surface area (Å²) >= 11 is 0.895. The van der Waals surface area contributed by atoms with Gasteiger partial charge in [0.05, 0.1) is 5.75 Å². The van der Waals surface area contributed by atoms with Crippen molar-refractivity contribution in [2.75, 3.05) is 5.75 Å². The monoisotopic (exact) mass is 307 g/mol. The molecule has 6 heteroatoms. The average molecular weight is 307 g/mol. The summed E-state index contributed by atoms with van der Waals surface area (Å²) in [5, 5.41) is 2.20. The molecule has 1 N–H and O–H groups in total.